The zero-order chi connectivity index (χ0) is 14.1. The molecule has 1 heterocycles. The lowest BCUT2D eigenvalue weighted by atomic mass is 10.1. The molecule has 1 aliphatic heterocycles. The topological polar surface area (TPSA) is 41.6 Å². The van der Waals surface area contributed by atoms with Gasteiger partial charge in [-0.2, -0.15) is 0 Å². The van der Waals surface area contributed by atoms with Gasteiger partial charge in [0.2, 0.25) is 0 Å². The van der Waals surface area contributed by atoms with Gasteiger partial charge in [0.15, 0.2) is 5.96 Å². The van der Waals surface area contributed by atoms with Crippen molar-refractivity contribution in [3.63, 3.8) is 0 Å². The highest BCUT2D eigenvalue weighted by Crippen LogP contribution is 2.31. The van der Waals surface area contributed by atoms with Crippen LogP contribution in [0.1, 0.15) is 17.2 Å². The van der Waals surface area contributed by atoms with Gasteiger partial charge in [-0.1, -0.05) is 45.8 Å². The molecule has 0 saturated heterocycles. The number of nitrogens with zero attached hydrogens (tertiary/aromatic N) is 2. The number of guanidine groups is 1. The summed E-state index contributed by atoms with van der Waals surface area (Å²) in [6.45, 7) is 2.78. The predicted molar refractivity (Wildman–Crippen MR) is 87.0 cm³/mol. The summed E-state index contributed by atoms with van der Waals surface area (Å²) in [6.07, 6.45) is 0. The van der Waals surface area contributed by atoms with Gasteiger partial charge in [-0.15, -0.1) is 0 Å². The summed E-state index contributed by atoms with van der Waals surface area (Å²) in [5.41, 5.74) is 9.62. The third-order valence-corrected chi connectivity index (χ3v) is 4.08. The molecule has 1 unspecified atom stereocenters. The van der Waals surface area contributed by atoms with Crippen LogP contribution in [-0.4, -0.2) is 12.5 Å². The predicted octanol–water partition coefficient (Wildman–Crippen LogP) is 3.63. The summed E-state index contributed by atoms with van der Waals surface area (Å²) in [4.78, 5) is 6.51. The van der Waals surface area contributed by atoms with Crippen molar-refractivity contribution >= 4 is 27.6 Å². The van der Waals surface area contributed by atoms with Crippen LogP contribution in [0.15, 0.2) is 58.0 Å². The highest BCUT2D eigenvalue weighted by atomic mass is 79.9. The van der Waals surface area contributed by atoms with Crippen molar-refractivity contribution in [2.75, 3.05) is 11.4 Å². The number of halogens is 1. The van der Waals surface area contributed by atoms with E-state index in [-0.39, 0.29) is 6.04 Å². The van der Waals surface area contributed by atoms with Crippen LogP contribution in [0.25, 0.3) is 0 Å². The molecular formula is C16H16BrN3. The highest BCUT2D eigenvalue weighted by Gasteiger charge is 2.28. The zero-order valence-electron chi connectivity index (χ0n) is 11.3. The standard InChI is InChI=1S/C16H16BrN3/c1-11-2-8-14(9-3-11)20-15(10-19-16(20)18)12-4-6-13(17)7-5-12/h2-9,15H,10H2,1H3,(H2,18,19). The first-order valence-electron chi connectivity index (χ1n) is 6.56. The number of nitrogens with two attached hydrogens (primary N) is 1. The minimum atomic E-state index is 0.172. The molecule has 1 atom stereocenters. The quantitative estimate of drug-likeness (QED) is 0.913. The fraction of sp³-hybridized carbons (Fsp3) is 0.188. The van der Waals surface area contributed by atoms with E-state index in [2.05, 4.69) is 81.3 Å². The molecule has 0 radical (unpaired) electrons. The van der Waals surface area contributed by atoms with Crippen molar-refractivity contribution in [2.24, 2.45) is 10.7 Å². The van der Waals surface area contributed by atoms with E-state index in [0.717, 1.165) is 10.2 Å². The minimum absolute atomic E-state index is 0.172. The first-order chi connectivity index (χ1) is 9.65. The van der Waals surface area contributed by atoms with E-state index in [4.69, 9.17) is 5.73 Å². The van der Waals surface area contributed by atoms with Crippen LogP contribution in [0.3, 0.4) is 0 Å². The van der Waals surface area contributed by atoms with Crippen LogP contribution < -0.4 is 10.6 Å². The van der Waals surface area contributed by atoms with E-state index >= 15 is 0 Å². The number of aliphatic imine (C=N–C) groups is 1. The Balaban J connectivity index is 1.96. The van der Waals surface area contributed by atoms with Crippen LogP contribution in [0.5, 0.6) is 0 Å². The summed E-state index contributed by atoms with van der Waals surface area (Å²) < 4.78 is 1.08. The molecule has 1 aliphatic rings. The molecule has 0 fully saturated rings. The fourth-order valence-electron chi connectivity index (χ4n) is 2.45. The average molecular weight is 330 g/mol. The SMILES string of the molecule is Cc1ccc(N2C(N)=NCC2c2ccc(Br)cc2)cc1. The molecule has 0 amide bonds. The van der Waals surface area contributed by atoms with Gasteiger partial charge in [0.05, 0.1) is 12.6 Å². The third-order valence-electron chi connectivity index (χ3n) is 3.55. The van der Waals surface area contributed by atoms with E-state index in [9.17, 15) is 0 Å². The van der Waals surface area contributed by atoms with Crippen LogP contribution >= 0.6 is 15.9 Å². The second-order valence-corrected chi connectivity index (χ2v) is 5.89. The molecule has 20 heavy (non-hydrogen) atoms. The van der Waals surface area contributed by atoms with Gasteiger partial charge in [-0.25, -0.2) is 0 Å². The molecule has 3 rings (SSSR count). The first-order valence-corrected chi connectivity index (χ1v) is 7.36. The largest absolute Gasteiger partial charge is 0.369 e. The maximum absolute atomic E-state index is 6.07. The molecule has 0 bridgehead atoms. The number of hydrogen-bond acceptors (Lipinski definition) is 3. The lowest BCUT2D eigenvalue weighted by Crippen LogP contribution is -2.36. The Morgan fingerprint density at radius 2 is 1.75 bits per heavy atom. The second kappa shape index (κ2) is 5.29. The first kappa shape index (κ1) is 13.2. The van der Waals surface area contributed by atoms with E-state index in [1.165, 1.54) is 11.1 Å². The number of anilines is 1. The lowest BCUT2D eigenvalue weighted by Gasteiger charge is -2.26. The summed E-state index contributed by atoms with van der Waals surface area (Å²) in [5.74, 6) is 0.585. The molecule has 0 aliphatic carbocycles. The van der Waals surface area contributed by atoms with Gasteiger partial charge in [-0.05, 0) is 36.8 Å². The van der Waals surface area contributed by atoms with Gasteiger partial charge in [0.1, 0.15) is 0 Å². The van der Waals surface area contributed by atoms with Crippen molar-refractivity contribution in [1.29, 1.82) is 0 Å². The number of aryl methyl sites for hydroxylation is 1. The minimum Gasteiger partial charge on any atom is -0.369 e. The van der Waals surface area contributed by atoms with E-state index < -0.39 is 0 Å². The van der Waals surface area contributed by atoms with Crippen molar-refractivity contribution < 1.29 is 0 Å². The molecule has 0 saturated carbocycles. The molecule has 2 N–H and O–H groups in total. The highest BCUT2D eigenvalue weighted by molar-refractivity contribution is 9.10. The normalized spacial score (nSPS) is 18.2. The van der Waals surface area contributed by atoms with Gasteiger partial charge in [-0.3, -0.25) is 4.99 Å². The molecule has 0 aromatic heterocycles. The maximum Gasteiger partial charge on any atom is 0.196 e. The molecule has 0 spiro atoms. The zero-order valence-corrected chi connectivity index (χ0v) is 12.8. The van der Waals surface area contributed by atoms with Crippen LogP contribution in [-0.2, 0) is 0 Å². The number of benzene rings is 2. The smallest absolute Gasteiger partial charge is 0.196 e. The van der Waals surface area contributed by atoms with Gasteiger partial charge < -0.3 is 10.6 Å². The molecule has 3 nitrogen and oxygen atoms in total. The van der Waals surface area contributed by atoms with E-state index in [1.807, 2.05) is 0 Å². The lowest BCUT2D eigenvalue weighted by molar-refractivity contribution is 0.768. The Morgan fingerprint density at radius 3 is 2.40 bits per heavy atom. The van der Waals surface area contributed by atoms with Crippen LogP contribution in [0.2, 0.25) is 0 Å². The van der Waals surface area contributed by atoms with Crippen molar-refractivity contribution in [3.8, 4) is 0 Å². The van der Waals surface area contributed by atoms with Crippen LogP contribution in [0.4, 0.5) is 5.69 Å². The van der Waals surface area contributed by atoms with Gasteiger partial charge >= 0.3 is 0 Å². The Labute approximate surface area is 127 Å². The van der Waals surface area contributed by atoms with E-state index in [1.54, 1.807) is 0 Å². The summed E-state index contributed by atoms with van der Waals surface area (Å²) in [5, 5.41) is 0. The summed E-state index contributed by atoms with van der Waals surface area (Å²) >= 11 is 3.47. The molecule has 2 aromatic carbocycles. The van der Waals surface area contributed by atoms with Crippen molar-refractivity contribution in [2.45, 2.75) is 13.0 Å². The summed E-state index contributed by atoms with van der Waals surface area (Å²) in [7, 11) is 0. The molecule has 2 aromatic rings. The van der Waals surface area contributed by atoms with Gasteiger partial charge in [0.25, 0.3) is 0 Å². The van der Waals surface area contributed by atoms with Crippen molar-refractivity contribution in [1.82, 2.24) is 0 Å². The second-order valence-electron chi connectivity index (χ2n) is 4.97. The Hall–Kier alpha value is -1.81. The van der Waals surface area contributed by atoms with Crippen molar-refractivity contribution in [3.05, 3.63) is 64.1 Å². The molecule has 102 valence electrons. The Morgan fingerprint density at radius 1 is 1.10 bits per heavy atom. The Bertz CT molecular complexity index is 632. The van der Waals surface area contributed by atoms with Crippen LogP contribution in [0, 0.1) is 6.92 Å². The molecule has 4 heteroatoms. The summed E-state index contributed by atoms with van der Waals surface area (Å²) in [6, 6.07) is 16.9. The van der Waals surface area contributed by atoms with Gasteiger partial charge in [0, 0.05) is 10.2 Å². The Kier molecular flexibility index (Phi) is 3.49. The molecular weight excluding hydrogens is 314 g/mol. The maximum atomic E-state index is 6.07. The number of rotatable bonds is 2. The average Bonchev–Trinajstić information content (AvgIpc) is 2.83. The fourth-order valence-corrected chi connectivity index (χ4v) is 2.72. The number of hydrogen-bond donors (Lipinski definition) is 1. The van der Waals surface area contributed by atoms with E-state index in [0.29, 0.717) is 12.5 Å². The third kappa shape index (κ3) is 2.43. The monoisotopic (exact) mass is 329 g/mol.